The second-order valence-corrected chi connectivity index (χ2v) is 14.3. The van der Waals surface area contributed by atoms with Gasteiger partial charge in [0.1, 0.15) is 29.7 Å². The van der Waals surface area contributed by atoms with Gasteiger partial charge in [-0.25, -0.2) is 13.2 Å². The van der Waals surface area contributed by atoms with Crippen molar-refractivity contribution in [3.63, 3.8) is 0 Å². The van der Waals surface area contributed by atoms with Crippen LogP contribution in [0.4, 0.5) is 13.2 Å². The highest BCUT2D eigenvalue weighted by atomic mass is 19.1. The number of hydrogen-bond donors (Lipinski definition) is 1. The van der Waals surface area contributed by atoms with Gasteiger partial charge in [0.2, 0.25) is 0 Å². The molecule has 1 N–H and O–H groups in total. The summed E-state index contributed by atoms with van der Waals surface area (Å²) in [6.45, 7) is 9.75. The molecule has 2 atom stereocenters. The van der Waals surface area contributed by atoms with E-state index in [1.807, 2.05) is 28.9 Å². The van der Waals surface area contributed by atoms with E-state index in [1.165, 1.54) is 26.0 Å². The summed E-state index contributed by atoms with van der Waals surface area (Å²) in [6.07, 6.45) is 5.50. The molecule has 4 aliphatic rings. The van der Waals surface area contributed by atoms with Crippen LogP contribution < -0.4 is 4.74 Å². The van der Waals surface area contributed by atoms with Crippen LogP contribution in [0.15, 0.2) is 42.0 Å². The van der Waals surface area contributed by atoms with Gasteiger partial charge in [-0.15, -0.1) is 0 Å². The standard InChI is InChI=1S/C36H46F3N3O3/c1-24-18-28-27-7-5-4-6-25(27)19-29(28)34(42(24)23-35(2,3)39)33-30(37)20-26(21-31(33)38)45-17-16-40-12-8-36(9-13-40)10-14-41(15-11-36)22-32(43)44/h4-7,20-21,24,34H,8-19,22-23H2,1-3H3,(H,43,44)/t24-,34+/m1/s1. The van der Waals surface area contributed by atoms with Gasteiger partial charge in [-0.2, -0.15) is 0 Å². The molecule has 9 heteroatoms. The van der Waals surface area contributed by atoms with Crippen LogP contribution >= 0.6 is 0 Å². The van der Waals surface area contributed by atoms with E-state index in [9.17, 15) is 4.79 Å². The Morgan fingerprint density at radius 2 is 1.64 bits per heavy atom. The Bertz CT molecular complexity index is 1410. The molecule has 0 unspecified atom stereocenters. The summed E-state index contributed by atoms with van der Waals surface area (Å²) < 4.78 is 52.9. The zero-order valence-corrected chi connectivity index (χ0v) is 26.8. The number of aliphatic carboxylic acids is 1. The van der Waals surface area contributed by atoms with Crippen molar-refractivity contribution in [1.82, 2.24) is 14.7 Å². The third-order valence-corrected chi connectivity index (χ3v) is 10.6. The molecule has 2 aromatic carbocycles. The van der Waals surface area contributed by atoms with Crippen molar-refractivity contribution in [3.05, 3.63) is 70.3 Å². The average molecular weight is 626 g/mol. The van der Waals surface area contributed by atoms with Gasteiger partial charge < -0.3 is 9.84 Å². The van der Waals surface area contributed by atoms with Gasteiger partial charge in [0.15, 0.2) is 0 Å². The van der Waals surface area contributed by atoms with Crippen molar-refractivity contribution in [1.29, 1.82) is 0 Å². The summed E-state index contributed by atoms with van der Waals surface area (Å²) in [7, 11) is 0. The van der Waals surface area contributed by atoms with Crippen molar-refractivity contribution < 1.29 is 27.8 Å². The Kier molecular flexibility index (Phi) is 9.07. The lowest BCUT2D eigenvalue weighted by molar-refractivity contribution is -0.139. The topological polar surface area (TPSA) is 56.3 Å². The lowest BCUT2D eigenvalue weighted by Gasteiger charge is -2.46. The number of carboxylic acids is 1. The number of fused-ring (bicyclic) bond motifs is 2. The van der Waals surface area contributed by atoms with E-state index in [4.69, 9.17) is 9.84 Å². The van der Waals surface area contributed by atoms with Crippen LogP contribution in [0.1, 0.15) is 75.6 Å². The number of hydrogen-bond acceptors (Lipinski definition) is 5. The van der Waals surface area contributed by atoms with Crippen molar-refractivity contribution in [2.45, 2.75) is 77.0 Å². The lowest BCUT2D eigenvalue weighted by atomic mass is 9.71. The van der Waals surface area contributed by atoms with Gasteiger partial charge in [0, 0.05) is 36.8 Å². The third kappa shape index (κ3) is 6.96. The highest BCUT2D eigenvalue weighted by Crippen LogP contribution is 2.50. The Labute approximate surface area is 264 Å². The first-order valence-electron chi connectivity index (χ1n) is 16.4. The number of ether oxygens (including phenoxy) is 1. The minimum absolute atomic E-state index is 0.0332. The van der Waals surface area contributed by atoms with Gasteiger partial charge in [0.05, 0.1) is 12.6 Å². The van der Waals surface area contributed by atoms with Gasteiger partial charge in [0.25, 0.3) is 0 Å². The monoisotopic (exact) mass is 625 g/mol. The van der Waals surface area contributed by atoms with E-state index in [-0.39, 0.29) is 35.9 Å². The van der Waals surface area contributed by atoms with Crippen LogP contribution in [0.2, 0.25) is 0 Å². The molecule has 1 aliphatic carbocycles. The quantitative estimate of drug-likeness (QED) is 0.344. The summed E-state index contributed by atoms with van der Waals surface area (Å²) >= 11 is 0. The van der Waals surface area contributed by atoms with E-state index in [0.717, 1.165) is 74.1 Å². The van der Waals surface area contributed by atoms with Gasteiger partial charge in [-0.3, -0.25) is 19.5 Å². The van der Waals surface area contributed by atoms with Crippen molar-refractivity contribution >= 4 is 11.5 Å². The lowest BCUT2D eigenvalue weighted by Crippen LogP contribution is -2.48. The fourth-order valence-corrected chi connectivity index (χ4v) is 8.17. The van der Waals surface area contributed by atoms with Crippen molar-refractivity contribution in [2.24, 2.45) is 5.41 Å². The number of benzene rings is 2. The molecular formula is C36H46F3N3O3. The maximum absolute atomic E-state index is 16.0. The number of nitrogens with zero attached hydrogens (tertiary/aromatic N) is 3. The summed E-state index contributed by atoms with van der Waals surface area (Å²) in [4.78, 5) is 17.3. The summed E-state index contributed by atoms with van der Waals surface area (Å²) in [6, 6.07) is 9.91. The number of alkyl halides is 1. The molecule has 0 amide bonds. The number of carbonyl (C=O) groups is 1. The molecule has 0 saturated carbocycles. The van der Waals surface area contributed by atoms with E-state index in [1.54, 1.807) is 0 Å². The molecule has 6 nitrogen and oxygen atoms in total. The number of likely N-dealkylation sites (tertiary alicyclic amines) is 2. The second kappa shape index (κ2) is 12.7. The van der Waals surface area contributed by atoms with E-state index in [2.05, 4.69) is 17.0 Å². The smallest absolute Gasteiger partial charge is 0.317 e. The Morgan fingerprint density at radius 1 is 1.02 bits per heavy atom. The van der Waals surface area contributed by atoms with Crippen molar-refractivity contribution in [2.75, 3.05) is 52.4 Å². The van der Waals surface area contributed by atoms with Crippen LogP contribution in [0, 0.1) is 17.0 Å². The molecule has 2 fully saturated rings. The molecule has 6 rings (SSSR count). The summed E-state index contributed by atoms with van der Waals surface area (Å²) in [5, 5.41) is 9.07. The SMILES string of the molecule is C[C@@H]1CC2=C(Cc3ccccc32)[C@@H](c2c(F)cc(OCCN3CCC4(CC3)CCN(CC(=O)O)CC4)cc2F)N1CC(C)(C)F. The summed E-state index contributed by atoms with van der Waals surface area (Å²) in [5.74, 6) is -1.93. The minimum Gasteiger partial charge on any atom is -0.492 e. The Balaban J connectivity index is 1.12. The first kappa shape index (κ1) is 32.1. The normalized spacial score (nSPS) is 24.1. The number of halogens is 3. The molecule has 2 saturated heterocycles. The highest BCUT2D eigenvalue weighted by Gasteiger charge is 2.43. The zero-order valence-electron chi connectivity index (χ0n) is 26.8. The number of piperidine rings is 2. The Morgan fingerprint density at radius 3 is 2.27 bits per heavy atom. The number of rotatable bonds is 9. The maximum atomic E-state index is 16.0. The molecular weight excluding hydrogens is 579 g/mol. The predicted octanol–water partition coefficient (Wildman–Crippen LogP) is 6.50. The van der Waals surface area contributed by atoms with Crippen LogP contribution in [0.25, 0.3) is 5.57 Å². The van der Waals surface area contributed by atoms with E-state index in [0.29, 0.717) is 26.0 Å². The molecule has 244 valence electrons. The third-order valence-electron chi connectivity index (χ3n) is 10.6. The van der Waals surface area contributed by atoms with Gasteiger partial charge in [-0.05, 0) is 113 Å². The molecule has 1 spiro atoms. The van der Waals surface area contributed by atoms with Crippen LogP contribution in [-0.2, 0) is 11.2 Å². The molecule has 3 heterocycles. The number of carboxylic acid groups (broad SMARTS) is 1. The maximum Gasteiger partial charge on any atom is 0.317 e. The average Bonchev–Trinajstić information content (AvgIpc) is 3.34. The largest absolute Gasteiger partial charge is 0.492 e. The molecule has 0 bridgehead atoms. The van der Waals surface area contributed by atoms with Gasteiger partial charge >= 0.3 is 5.97 Å². The molecule has 45 heavy (non-hydrogen) atoms. The molecule has 2 aromatic rings. The zero-order chi connectivity index (χ0) is 31.9. The first-order chi connectivity index (χ1) is 21.4. The minimum atomic E-state index is -1.53. The van der Waals surface area contributed by atoms with Crippen LogP contribution in [0.5, 0.6) is 5.75 Å². The molecule has 0 aromatic heterocycles. The second-order valence-electron chi connectivity index (χ2n) is 14.3. The van der Waals surface area contributed by atoms with Gasteiger partial charge in [-0.1, -0.05) is 24.3 Å². The fraction of sp³-hybridized carbons (Fsp3) is 0.583. The molecule has 3 aliphatic heterocycles. The Hall–Kier alpha value is -2.88. The van der Waals surface area contributed by atoms with Crippen LogP contribution in [-0.4, -0.2) is 89.9 Å². The predicted molar refractivity (Wildman–Crippen MR) is 169 cm³/mol. The van der Waals surface area contributed by atoms with Crippen LogP contribution in [0.3, 0.4) is 0 Å². The van der Waals surface area contributed by atoms with Crippen molar-refractivity contribution in [3.8, 4) is 5.75 Å². The molecule has 0 radical (unpaired) electrons. The van der Waals surface area contributed by atoms with E-state index < -0.39 is 29.3 Å². The van der Waals surface area contributed by atoms with E-state index >= 15 is 13.2 Å². The fourth-order valence-electron chi connectivity index (χ4n) is 8.17. The summed E-state index contributed by atoms with van der Waals surface area (Å²) in [5.41, 5.74) is 3.09. The highest BCUT2D eigenvalue weighted by molar-refractivity contribution is 5.79. The first-order valence-corrected chi connectivity index (χ1v) is 16.4.